The zero-order valence-electron chi connectivity index (χ0n) is 12.4. The Hall–Kier alpha value is -0.870. The number of nitrogens with zero attached hydrogens (tertiary/aromatic N) is 3. The van der Waals surface area contributed by atoms with Gasteiger partial charge in [-0.15, -0.1) is 0 Å². The number of aromatic nitrogens is 2. The fourth-order valence-corrected chi connectivity index (χ4v) is 3.31. The predicted molar refractivity (Wildman–Crippen MR) is 77.1 cm³/mol. The van der Waals surface area contributed by atoms with Gasteiger partial charge in [0.25, 0.3) is 0 Å². The second-order valence-corrected chi connectivity index (χ2v) is 6.56. The quantitative estimate of drug-likeness (QED) is 0.896. The van der Waals surface area contributed by atoms with Gasteiger partial charge in [-0.1, -0.05) is 0 Å². The Labute approximate surface area is 116 Å². The van der Waals surface area contributed by atoms with Crippen LogP contribution in [-0.2, 0) is 6.54 Å². The first-order chi connectivity index (χ1) is 9.08. The minimum atomic E-state index is 0.344. The molecule has 0 spiro atoms. The Morgan fingerprint density at radius 3 is 2.84 bits per heavy atom. The van der Waals surface area contributed by atoms with Crippen LogP contribution in [0.5, 0.6) is 0 Å². The van der Waals surface area contributed by atoms with Gasteiger partial charge in [0.15, 0.2) is 0 Å². The monoisotopic (exact) mass is 262 g/mol. The SMILES string of the molecule is Cc1nccn1CCN1CC(C)(C2CC2)NCC1C. The van der Waals surface area contributed by atoms with Gasteiger partial charge in [0.05, 0.1) is 0 Å². The van der Waals surface area contributed by atoms with Crippen molar-refractivity contribution in [2.24, 2.45) is 5.92 Å². The number of nitrogens with one attached hydrogen (secondary N) is 1. The second-order valence-electron chi connectivity index (χ2n) is 6.56. The van der Waals surface area contributed by atoms with Crippen LogP contribution in [-0.4, -0.2) is 45.7 Å². The van der Waals surface area contributed by atoms with E-state index >= 15 is 0 Å². The molecule has 0 aromatic carbocycles. The van der Waals surface area contributed by atoms with E-state index in [1.54, 1.807) is 0 Å². The van der Waals surface area contributed by atoms with Crippen LogP contribution >= 0.6 is 0 Å². The van der Waals surface area contributed by atoms with E-state index in [0.717, 1.165) is 31.4 Å². The zero-order chi connectivity index (χ0) is 13.5. The van der Waals surface area contributed by atoms with E-state index in [9.17, 15) is 0 Å². The molecule has 1 aliphatic heterocycles. The number of piperazine rings is 1. The summed E-state index contributed by atoms with van der Waals surface area (Å²) in [6.07, 6.45) is 6.80. The van der Waals surface area contributed by atoms with E-state index < -0.39 is 0 Å². The van der Waals surface area contributed by atoms with E-state index in [0.29, 0.717) is 11.6 Å². The summed E-state index contributed by atoms with van der Waals surface area (Å²) in [5, 5.41) is 3.78. The van der Waals surface area contributed by atoms with Gasteiger partial charge >= 0.3 is 0 Å². The smallest absolute Gasteiger partial charge is 0.105 e. The molecule has 0 amide bonds. The summed E-state index contributed by atoms with van der Waals surface area (Å²) in [6.45, 7) is 11.3. The van der Waals surface area contributed by atoms with Crippen molar-refractivity contribution in [1.82, 2.24) is 19.8 Å². The van der Waals surface area contributed by atoms with Gasteiger partial charge in [-0.2, -0.15) is 0 Å². The molecular weight excluding hydrogens is 236 g/mol. The van der Waals surface area contributed by atoms with Crippen LogP contribution in [0.4, 0.5) is 0 Å². The van der Waals surface area contributed by atoms with Crippen LogP contribution in [0.1, 0.15) is 32.5 Å². The third-order valence-electron chi connectivity index (χ3n) is 4.99. The molecule has 0 radical (unpaired) electrons. The molecule has 2 heterocycles. The highest BCUT2D eigenvalue weighted by Crippen LogP contribution is 2.41. The molecule has 2 unspecified atom stereocenters. The number of imidazole rings is 1. The van der Waals surface area contributed by atoms with Crippen molar-refractivity contribution in [3.05, 3.63) is 18.2 Å². The van der Waals surface area contributed by atoms with E-state index in [4.69, 9.17) is 0 Å². The van der Waals surface area contributed by atoms with E-state index in [1.165, 1.54) is 19.4 Å². The van der Waals surface area contributed by atoms with Gasteiger partial charge in [0.2, 0.25) is 0 Å². The van der Waals surface area contributed by atoms with Crippen LogP contribution in [0.2, 0.25) is 0 Å². The van der Waals surface area contributed by atoms with Crippen molar-refractivity contribution in [3.8, 4) is 0 Å². The minimum absolute atomic E-state index is 0.344. The average molecular weight is 262 g/mol. The highest BCUT2D eigenvalue weighted by molar-refractivity contribution is 5.03. The predicted octanol–water partition coefficient (Wildman–Crippen LogP) is 1.65. The van der Waals surface area contributed by atoms with Crippen LogP contribution < -0.4 is 5.32 Å². The number of aryl methyl sites for hydroxylation is 1. The van der Waals surface area contributed by atoms with Crippen molar-refractivity contribution in [1.29, 1.82) is 0 Å². The first kappa shape index (κ1) is 13.1. The molecule has 4 nitrogen and oxygen atoms in total. The molecule has 19 heavy (non-hydrogen) atoms. The number of rotatable bonds is 4. The Morgan fingerprint density at radius 2 is 2.21 bits per heavy atom. The molecule has 1 saturated carbocycles. The molecular formula is C15H26N4. The number of hydrogen-bond donors (Lipinski definition) is 1. The standard InChI is InChI=1S/C15H26N4/c1-12-10-17-15(3,14-4-5-14)11-19(12)9-8-18-7-6-16-13(18)2/h6-7,12,14,17H,4-5,8-11H2,1-3H3. The van der Waals surface area contributed by atoms with Crippen molar-refractivity contribution in [2.75, 3.05) is 19.6 Å². The molecule has 2 fully saturated rings. The Balaban J connectivity index is 1.60. The maximum absolute atomic E-state index is 4.30. The van der Waals surface area contributed by atoms with E-state index in [1.807, 2.05) is 6.20 Å². The third kappa shape index (κ3) is 2.70. The fourth-order valence-electron chi connectivity index (χ4n) is 3.31. The molecule has 2 atom stereocenters. The maximum Gasteiger partial charge on any atom is 0.105 e. The zero-order valence-corrected chi connectivity index (χ0v) is 12.4. The average Bonchev–Trinajstić information content (AvgIpc) is 3.16. The fraction of sp³-hybridized carbons (Fsp3) is 0.800. The van der Waals surface area contributed by atoms with Crippen LogP contribution in [0.3, 0.4) is 0 Å². The molecule has 106 valence electrons. The Morgan fingerprint density at radius 1 is 1.42 bits per heavy atom. The molecule has 4 heteroatoms. The lowest BCUT2D eigenvalue weighted by atomic mass is 9.91. The Bertz CT molecular complexity index is 437. The van der Waals surface area contributed by atoms with Gasteiger partial charge in [-0.25, -0.2) is 4.98 Å². The molecule has 0 bridgehead atoms. The largest absolute Gasteiger partial charge is 0.334 e. The molecule has 3 rings (SSSR count). The Kier molecular flexibility index (Phi) is 3.39. The topological polar surface area (TPSA) is 33.1 Å². The van der Waals surface area contributed by atoms with Crippen molar-refractivity contribution in [2.45, 2.75) is 51.7 Å². The minimum Gasteiger partial charge on any atom is -0.334 e. The summed E-state index contributed by atoms with van der Waals surface area (Å²) < 4.78 is 2.25. The lowest BCUT2D eigenvalue weighted by Crippen LogP contribution is -2.63. The van der Waals surface area contributed by atoms with Crippen molar-refractivity contribution in [3.63, 3.8) is 0 Å². The van der Waals surface area contributed by atoms with Crippen LogP contribution in [0, 0.1) is 12.8 Å². The van der Waals surface area contributed by atoms with Gasteiger partial charge in [0, 0.05) is 50.2 Å². The summed E-state index contributed by atoms with van der Waals surface area (Å²) in [6, 6.07) is 0.635. The summed E-state index contributed by atoms with van der Waals surface area (Å²) in [7, 11) is 0. The van der Waals surface area contributed by atoms with Gasteiger partial charge in [-0.05, 0) is 39.5 Å². The van der Waals surface area contributed by atoms with E-state index in [2.05, 4.69) is 46.7 Å². The second kappa shape index (κ2) is 4.91. The normalized spacial score (nSPS) is 32.7. The van der Waals surface area contributed by atoms with Gasteiger partial charge < -0.3 is 9.88 Å². The number of hydrogen-bond acceptors (Lipinski definition) is 3. The van der Waals surface area contributed by atoms with Crippen LogP contribution in [0.25, 0.3) is 0 Å². The van der Waals surface area contributed by atoms with Gasteiger partial charge in [0.1, 0.15) is 5.82 Å². The van der Waals surface area contributed by atoms with Crippen molar-refractivity contribution >= 4 is 0 Å². The molecule has 1 aromatic rings. The van der Waals surface area contributed by atoms with Crippen LogP contribution in [0.15, 0.2) is 12.4 Å². The lowest BCUT2D eigenvalue weighted by molar-refractivity contribution is 0.0801. The molecule has 1 N–H and O–H groups in total. The van der Waals surface area contributed by atoms with Gasteiger partial charge in [-0.3, -0.25) is 4.90 Å². The summed E-state index contributed by atoms with van der Waals surface area (Å²) in [4.78, 5) is 6.95. The third-order valence-corrected chi connectivity index (χ3v) is 4.99. The maximum atomic E-state index is 4.30. The highest BCUT2D eigenvalue weighted by atomic mass is 15.3. The summed E-state index contributed by atoms with van der Waals surface area (Å²) >= 11 is 0. The molecule has 1 aliphatic carbocycles. The first-order valence-electron chi connectivity index (χ1n) is 7.55. The molecule has 2 aliphatic rings. The lowest BCUT2D eigenvalue weighted by Gasteiger charge is -2.45. The highest BCUT2D eigenvalue weighted by Gasteiger charge is 2.45. The molecule has 1 saturated heterocycles. The van der Waals surface area contributed by atoms with Crippen molar-refractivity contribution < 1.29 is 0 Å². The summed E-state index contributed by atoms with van der Waals surface area (Å²) in [5.74, 6) is 2.02. The summed E-state index contributed by atoms with van der Waals surface area (Å²) in [5.41, 5.74) is 0.344. The first-order valence-corrected chi connectivity index (χ1v) is 7.55. The van der Waals surface area contributed by atoms with E-state index in [-0.39, 0.29) is 0 Å². The molecule has 1 aromatic heterocycles.